The molecule has 0 aliphatic carbocycles. The number of carbonyl (C=O) groups is 2. The number of esters is 1. The molecule has 0 aliphatic rings. The van der Waals surface area contributed by atoms with Crippen molar-refractivity contribution >= 4 is 27.6 Å². The first-order valence-electron chi connectivity index (χ1n) is 8.39. The van der Waals surface area contributed by atoms with Crippen molar-refractivity contribution in [2.45, 2.75) is 24.8 Å². The van der Waals surface area contributed by atoms with Gasteiger partial charge in [0.25, 0.3) is 5.91 Å². The van der Waals surface area contributed by atoms with Crippen LogP contribution in [0, 0.1) is 0 Å². The van der Waals surface area contributed by atoms with Crippen LogP contribution < -0.4 is 9.62 Å². The lowest BCUT2D eigenvalue weighted by Gasteiger charge is -2.21. The molecule has 0 fully saturated rings. The maximum absolute atomic E-state index is 12.4. The monoisotopic (exact) mass is 390 g/mol. The van der Waals surface area contributed by atoms with E-state index >= 15 is 0 Å². The molecule has 2 aromatic rings. The van der Waals surface area contributed by atoms with E-state index < -0.39 is 22.1 Å². The summed E-state index contributed by atoms with van der Waals surface area (Å²) in [5.41, 5.74) is 0.843. The molecule has 8 heteroatoms. The maximum atomic E-state index is 12.4. The number of anilines is 1. The largest absolute Gasteiger partial charge is 0.449 e. The quantitative estimate of drug-likeness (QED) is 0.732. The molecule has 1 amide bonds. The predicted molar refractivity (Wildman–Crippen MR) is 102 cm³/mol. The second kappa shape index (κ2) is 8.79. The highest BCUT2D eigenvalue weighted by Crippen LogP contribution is 2.15. The van der Waals surface area contributed by atoms with Crippen LogP contribution in [0.1, 0.15) is 24.2 Å². The number of nitrogens with zero attached hydrogens (tertiary/aromatic N) is 1. The topological polar surface area (TPSA) is 92.8 Å². The zero-order valence-corrected chi connectivity index (χ0v) is 16.2. The number of carbonyl (C=O) groups excluding carboxylic acids is 2. The molecule has 0 spiro atoms. The van der Waals surface area contributed by atoms with E-state index in [1.54, 1.807) is 38.2 Å². The summed E-state index contributed by atoms with van der Waals surface area (Å²) in [6, 6.07) is 14.3. The smallest absolute Gasteiger partial charge is 0.338 e. The minimum Gasteiger partial charge on any atom is -0.449 e. The average molecular weight is 390 g/mol. The Morgan fingerprint density at radius 1 is 1.07 bits per heavy atom. The minimum atomic E-state index is -3.59. The molecule has 0 heterocycles. The van der Waals surface area contributed by atoms with Crippen molar-refractivity contribution in [3.05, 3.63) is 60.2 Å². The lowest BCUT2D eigenvalue weighted by molar-refractivity contribution is -0.126. The highest BCUT2D eigenvalue weighted by molar-refractivity contribution is 7.89. The Balaban J connectivity index is 2.05. The summed E-state index contributed by atoms with van der Waals surface area (Å²) < 4.78 is 31.4. The fraction of sp³-hybridized carbons (Fsp3) is 0.263. The Morgan fingerprint density at radius 3 is 2.22 bits per heavy atom. The molecule has 0 radical (unpaired) electrons. The Kier molecular flexibility index (Phi) is 6.70. The molecule has 2 aromatic carbocycles. The zero-order valence-electron chi connectivity index (χ0n) is 15.4. The van der Waals surface area contributed by atoms with Gasteiger partial charge in [-0.1, -0.05) is 25.1 Å². The van der Waals surface area contributed by atoms with E-state index in [9.17, 15) is 18.0 Å². The van der Waals surface area contributed by atoms with Gasteiger partial charge in [0.1, 0.15) is 0 Å². The fourth-order valence-corrected chi connectivity index (χ4v) is 3.42. The highest BCUT2D eigenvalue weighted by atomic mass is 32.2. The van der Waals surface area contributed by atoms with Crippen molar-refractivity contribution in [2.75, 3.05) is 18.5 Å². The molecule has 1 N–H and O–H groups in total. The number of benzene rings is 2. The number of ether oxygens (including phenoxy) is 1. The summed E-state index contributed by atoms with van der Waals surface area (Å²) in [5, 5.41) is 0. The van der Waals surface area contributed by atoms with Crippen LogP contribution in [0.3, 0.4) is 0 Å². The third-order valence-electron chi connectivity index (χ3n) is 3.84. The van der Waals surface area contributed by atoms with Crippen LogP contribution in [0.5, 0.6) is 0 Å². The fourth-order valence-electron chi connectivity index (χ4n) is 2.37. The number of hydrogen-bond acceptors (Lipinski definition) is 5. The summed E-state index contributed by atoms with van der Waals surface area (Å²) in [7, 11) is -1.99. The van der Waals surface area contributed by atoms with Gasteiger partial charge in [-0.05, 0) is 43.3 Å². The first-order chi connectivity index (χ1) is 12.8. The standard InChI is InChI=1S/C19H22N2O5S/c1-4-20-27(24,25)17-12-10-15(11-13-17)19(23)26-14(2)18(22)21(3)16-8-6-5-7-9-16/h5-14,20H,4H2,1-3H3/t14-/m0/s1. The van der Waals surface area contributed by atoms with Crippen LogP contribution in [0.2, 0.25) is 0 Å². The second-order valence-electron chi connectivity index (χ2n) is 5.81. The van der Waals surface area contributed by atoms with Crippen molar-refractivity contribution in [3.8, 4) is 0 Å². The van der Waals surface area contributed by atoms with Crippen molar-refractivity contribution in [3.63, 3.8) is 0 Å². The zero-order chi connectivity index (χ0) is 20.0. The summed E-state index contributed by atoms with van der Waals surface area (Å²) in [6.45, 7) is 3.43. The maximum Gasteiger partial charge on any atom is 0.338 e. The van der Waals surface area contributed by atoms with E-state index in [4.69, 9.17) is 4.74 Å². The van der Waals surface area contributed by atoms with Crippen LogP contribution in [0.4, 0.5) is 5.69 Å². The lowest BCUT2D eigenvalue weighted by atomic mass is 10.2. The number of sulfonamides is 1. The van der Waals surface area contributed by atoms with Gasteiger partial charge in [0, 0.05) is 19.3 Å². The minimum absolute atomic E-state index is 0.0498. The van der Waals surface area contributed by atoms with Gasteiger partial charge in [0.05, 0.1) is 10.5 Å². The van der Waals surface area contributed by atoms with Crippen molar-refractivity contribution in [2.24, 2.45) is 0 Å². The first-order valence-corrected chi connectivity index (χ1v) is 9.88. The molecule has 0 bridgehead atoms. The summed E-state index contributed by atoms with van der Waals surface area (Å²) in [6.07, 6.45) is -0.993. The molecule has 1 atom stereocenters. The number of para-hydroxylation sites is 1. The molecule has 0 saturated heterocycles. The van der Waals surface area contributed by atoms with Crippen LogP contribution in [0.15, 0.2) is 59.5 Å². The van der Waals surface area contributed by atoms with Crippen molar-refractivity contribution < 1.29 is 22.7 Å². The SMILES string of the molecule is CCNS(=O)(=O)c1ccc(C(=O)O[C@@H](C)C(=O)N(C)c2ccccc2)cc1. The Morgan fingerprint density at radius 2 is 1.67 bits per heavy atom. The van der Waals surface area contributed by atoms with E-state index in [1.165, 1.54) is 36.1 Å². The van der Waals surface area contributed by atoms with Gasteiger partial charge < -0.3 is 9.64 Å². The van der Waals surface area contributed by atoms with Gasteiger partial charge in [-0.15, -0.1) is 0 Å². The molecule has 27 heavy (non-hydrogen) atoms. The Bertz CT molecular complexity index is 895. The second-order valence-corrected chi connectivity index (χ2v) is 7.57. The molecular formula is C19H22N2O5S. The normalized spacial score (nSPS) is 12.3. The third-order valence-corrected chi connectivity index (χ3v) is 5.40. The molecule has 0 aliphatic heterocycles. The van der Waals surface area contributed by atoms with Gasteiger partial charge in [0.15, 0.2) is 6.10 Å². The van der Waals surface area contributed by atoms with Crippen LogP contribution in [0.25, 0.3) is 0 Å². The lowest BCUT2D eigenvalue weighted by Crippen LogP contribution is -2.37. The molecule has 0 unspecified atom stereocenters. The summed E-state index contributed by atoms with van der Waals surface area (Å²) >= 11 is 0. The number of amides is 1. The Hall–Kier alpha value is -2.71. The van der Waals surface area contributed by atoms with Gasteiger partial charge in [-0.25, -0.2) is 17.9 Å². The van der Waals surface area contributed by atoms with E-state index in [-0.39, 0.29) is 22.9 Å². The van der Waals surface area contributed by atoms with Gasteiger partial charge >= 0.3 is 5.97 Å². The molecule has 144 valence electrons. The van der Waals surface area contributed by atoms with E-state index in [1.807, 2.05) is 6.07 Å². The third kappa shape index (κ3) is 5.15. The number of hydrogen-bond donors (Lipinski definition) is 1. The summed E-state index contributed by atoms with van der Waals surface area (Å²) in [5.74, 6) is -1.08. The Labute approximate surface area is 159 Å². The average Bonchev–Trinajstić information content (AvgIpc) is 2.67. The summed E-state index contributed by atoms with van der Waals surface area (Å²) in [4.78, 5) is 26.1. The highest BCUT2D eigenvalue weighted by Gasteiger charge is 2.23. The number of nitrogens with one attached hydrogen (secondary N) is 1. The van der Waals surface area contributed by atoms with Crippen molar-refractivity contribution in [1.82, 2.24) is 4.72 Å². The molecule has 0 aromatic heterocycles. The van der Waals surface area contributed by atoms with Gasteiger partial charge in [-0.2, -0.15) is 0 Å². The van der Waals surface area contributed by atoms with E-state index in [0.717, 1.165) is 0 Å². The van der Waals surface area contributed by atoms with Gasteiger partial charge in [0.2, 0.25) is 10.0 Å². The molecular weight excluding hydrogens is 368 g/mol. The van der Waals surface area contributed by atoms with Crippen LogP contribution >= 0.6 is 0 Å². The van der Waals surface area contributed by atoms with Crippen LogP contribution in [-0.4, -0.2) is 40.0 Å². The van der Waals surface area contributed by atoms with Crippen LogP contribution in [-0.2, 0) is 19.6 Å². The predicted octanol–water partition coefficient (Wildman–Crippen LogP) is 2.19. The number of likely N-dealkylation sites (N-methyl/N-ethyl adjacent to an activating group) is 1. The first kappa shape index (κ1) is 20.6. The van der Waals surface area contributed by atoms with E-state index in [0.29, 0.717) is 5.69 Å². The number of rotatable bonds is 7. The molecule has 0 saturated carbocycles. The van der Waals surface area contributed by atoms with Crippen molar-refractivity contribution in [1.29, 1.82) is 0 Å². The molecule has 2 rings (SSSR count). The van der Waals surface area contributed by atoms with Gasteiger partial charge in [-0.3, -0.25) is 4.79 Å². The van der Waals surface area contributed by atoms with E-state index in [2.05, 4.69) is 4.72 Å². The molecule has 7 nitrogen and oxygen atoms in total.